The van der Waals surface area contributed by atoms with Gasteiger partial charge in [-0.05, 0) is 138 Å². The maximum atomic E-state index is 6.51. The summed E-state index contributed by atoms with van der Waals surface area (Å²) >= 11 is 0. The second-order valence-electron chi connectivity index (χ2n) is 19.7. The Labute approximate surface area is 445 Å². The summed E-state index contributed by atoms with van der Waals surface area (Å²) in [7, 11) is 0. The number of fused-ring (bicyclic) bond motifs is 9. The lowest BCUT2D eigenvalue weighted by Gasteiger charge is -2.29. The van der Waals surface area contributed by atoms with Gasteiger partial charge in [0.2, 0.25) is 0 Å². The lowest BCUT2D eigenvalue weighted by atomic mass is 10.00. The third kappa shape index (κ3) is 7.47. The Bertz CT molecular complexity index is 4670. The maximum absolute atomic E-state index is 6.51. The highest BCUT2D eigenvalue weighted by molar-refractivity contribution is 6.18. The van der Waals surface area contributed by atoms with E-state index in [1.807, 2.05) is 6.07 Å². The smallest absolute Gasteiger partial charge is 0.136 e. The highest BCUT2D eigenvalue weighted by Gasteiger charge is 2.23. The van der Waals surface area contributed by atoms with Gasteiger partial charge in [0.25, 0.3) is 0 Å². The van der Waals surface area contributed by atoms with E-state index in [2.05, 4.69) is 304 Å². The molecule has 0 radical (unpaired) electrons. The number of para-hydroxylation sites is 6. The minimum absolute atomic E-state index is 0.880. The van der Waals surface area contributed by atoms with Crippen molar-refractivity contribution in [3.63, 3.8) is 0 Å². The monoisotopic (exact) mass is 984 g/mol. The molecule has 0 spiro atoms. The summed E-state index contributed by atoms with van der Waals surface area (Å²) in [6.07, 6.45) is 0. The predicted molar refractivity (Wildman–Crippen MR) is 323 cm³/mol. The quantitative estimate of drug-likeness (QED) is 0.137. The van der Waals surface area contributed by atoms with Crippen LogP contribution in [-0.2, 0) is 0 Å². The van der Waals surface area contributed by atoms with Gasteiger partial charge in [-0.15, -0.1) is 0 Å². The Hall–Kier alpha value is -10.4. The molecule has 0 saturated heterocycles. The van der Waals surface area contributed by atoms with E-state index in [0.29, 0.717) is 0 Å². The number of hydrogen-bond acceptors (Lipinski definition) is 3. The fourth-order valence-corrected chi connectivity index (χ4v) is 11.8. The SMILES string of the molecule is c1ccc(-c2cccc(N(c3ccc4c5ccccc5n(-c5ccccc5)c4c3)c3ccccc3-c3ccc(N(c4ccccc4)c4ccc5c(c4)c4cc6oc7ccccc7c6cc4n5-c4ccccc4)cc3)c2)cc1. The van der Waals surface area contributed by atoms with E-state index < -0.39 is 0 Å². The van der Waals surface area contributed by atoms with E-state index in [0.717, 1.165) is 111 Å². The molecule has 15 aromatic rings. The summed E-state index contributed by atoms with van der Waals surface area (Å²) in [4.78, 5) is 4.79. The van der Waals surface area contributed by atoms with Crippen LogP contribution in [0.3, 0.4) is 0 Å². The molecule has 12 aromatic carbocycles. The fraction of sp³-hybridized carbons (Fsp3) is 0. The van der Waals surface area contributed by atoms with Crippen LogP contribution in [0.2, 0.25) is 0 Å². The van der Waals surface area contributed by atoms with Gasteiger partial charge in [-0.3, -0.25) is 0 Å². The van der Waals surface area contributed by atoms with Crippen LogP contribution in [0.1, 0.15) is 0 Å². The first kappa shape index (κ1) is 44.2. The van der Waals surface area contributed by atoms with E-state index in [1.165, 1.54) is 21.9 Å². The molecule has 0 amide bonds. The highest BCUT2D eigenvalue weighted by atomic mass is 16.3. The Morgan fingerprint density at radius 2 is 0.766 bits per heavy atom. The first-order chi connectivity index (χ1) is 38.2. The predicted octanol–water partition coefficient (Wildman–Crippen LogP) is 20.1. The zero-order chi connectivity index (χ0) is 50.8. The maximum Gasteiger partial charge on any atom is 0.136 e. The summed E-state index contributed by atoms with van der Waals surface area (Å²) in [5.41, 5.74) is 19.5. The first-order valence-electron chi connectivity index (χ1n) is 26.2. The van der Waals surface area contributed by atoms with E-state index in [9.17, 15) is 0 Å². The zero-order valence-corrected chi connectivity index (χ0v) is 41.9. The molecule has 0 aliphatic heterocycles. The number of aromatic nitrogens is 2. The van der Waals surface area contributed by atoms with Gasteiger partial charge >= 0.3 is 0 Å². The van der Waals surface area contributed by atoms with Crippen LogP contribution in [0.25, 0.3) is 99.2 Å². The number of furan rings is 1. The Morgan fingerprint density at radius 3 is 1.53 bits per heavy atom. The van der Waals surface area contributed by atoms with Crippen molar-refractivity contribution in [2.45, 2.75) is 0 Å². The molecule has 3 aromatic heterocycles. The number of hydrogen-bond donors (Lipinski definition) is 0. The second kappa shape index (κ2) is 18.2. The third-order valence-electron chi connectivity index (χ3n) is 15.3. The van der Waals surface area contributed by atoms with Crippen molar-refractivity contribution in [3.05, 3.63) is 291 Å². The molecule has 3 heterocycles. The summed E-state index contributed by atoms with van der Waals surface area (Å²) in [6.45, 7) is 0. The molecule has 5 heteroatoms. The lowest BCUT2D eigenvalue weighted by Crippen LogP contribution is -2.12. The first-order valence-corrected chi connectivity index (χ1v) is 26.2. The van der Waals surface area contributed by atoms with Crippen LogP contribution in [0.4, 0.5) is 34.1 Å². The number of nitrogens with zero attached hydrogens (tertiary/aromatic N) is 4. The topological polar surface area (TPSA) is 29.5 Å². The molecule has 15 rings (SSSR count). The van der Waals surface area contributed by atoms with Crippen molar-refractivity contribution >= 4 is 99.7 Å². The van der Waals surface area contributed by atoms with E-state index >= 15 is 0 Å². The standard InChI is InChI=1S/C72H48N4O/c1-5-20-49(21-6-1)51-22-19-29-56(44-51)74(58-40-42-61-60-31-14-17-34-67(60)75(69(61)46-58)53-25-9-3-10-26-53)66-33-16-13-30-59(66)50-36-38-55(39-37-50)73(52-23-7-2-8-24-52)57-41-43-68-63(45-57)64-48-72-65(62-32-15-18-35-71(62)77-72)47-70(64)76(68)54-27-11-4-12-28-54/h1-48H. The van der Waals surface area contributed by atoms with Crippen molar-refractivity contribution in [1.82, 2.24) is 9.13 Å². The molecule has 0 fully saturated rings. The summed E-state index contributed by atoms with van der Waals surface area (Å²) in [5.74, 6) is 0. The van der Waals surface area contributed by atoms with Crippen LogP contribution in [0.5, 0.6) is 0 Å². The number of benzene rings is 12. The molecule has 0 N–H and O–H groups in total. The van der Waals surface area contributed by atoms with Crippen molar-refractivity contribution in [1.29, 1.82) is 0 Å². The second-order valence-corrected chi connectivity index (χ2v) is 19.7. The molecular weight excluding hydrogens is 937 g/mol. The normalized spacial score (nSPS) is 11.6. The molecule has 5 nitrogen and oxygen atoms in total. The van der Waals surface area contributed by atoms with E-state index in [-0.39, 0.29) is 0 Å². The van der Waals surface area contributed by atoms with Gasteiger partial charge in [-0.1, -0.05) is 170 Å². The minimum Gasteiger partial charge on any atom is -0.456 e. The van der Waals surface area contributed by atoms with Gasteiger partial charge in [-0.2, -0.15) is 0 Å². The summed E-state index contributed by atoms with van der Waals surface area (Å²) in [6, 6.07) is 105. The lowest BCUT2D eigenvalue weighted by molar-refractivity contribution is 0.669. The zero-order valence-electron chi connectivity index (χ0n) is 41.9. The molecule has 0 aliphatic rings. The Balaban J connectivity index is 0.880. The molecular formula is C72H48N4O. The third-order valence-corrected chi connectivity index (χ3v) is 15.3. The van der Waals surface area contributed by atoms with Crippen molar-refractivity contribution in [3.8, 4) is 33.6 Å². The van der Waals surface area contributed by atoms with Gasteiger partial charge < -0.3 is 23.4 Å². The van der Waals surface area contributed by atoms with Gasteiger partial charge in [0.1, 0.15) is 11.2 Å². The van der Waals surface area contributed by atoms with Crippen molar-refractivity contribution in [2.75, 3.05) is 9.80 Å². The van der Waals surface area contributed by atoms with Gasteiger partial charge in [0.05, 0.1) is 27.8 Å². The number of anilines is 6. The van der Waals surface area contributed by atoms with Crippen LogP contribution in [-0.4, -0.2) is 9.13 Å². The largest absolute Gasteiger partial charge is 0.456 e. The Kier molecular flexibility index (Phi) is 10.5. The molecule has 0 saturated carbocycles. The average molecular weight is 985 g/mol. The van der Waals surface area contributed by atoms with Crippen molar-refractivity contribution < 1.29 is 4.42 Å². The average Bonchev–Trinajstić information content (AvgIpc) is 4.37. The van der Waals surface area contributed by atoms with Gasteiger partial charge in [0.15, 0.2) is 0 Å². The molecule has 362 valence electrons. The van der Waals surface area contributed by atoms with E-state index in [4.69, 9.17) is 4.42 Å². The molecule has 0 bridgehead atoms. The van der Waals surface area contributed by atoms with Crippen LogP contribution in [0, 0.1) is 0 Å². The summed E-state index contributed by atoms with van der Waals surface area (Å²) < 4.78 is 11.3. The van der Waals surface area contributed by atoms with Crippen molar-refractivity contribution in [2.24, 2.45) is 0 Å². The molecule has 0 unspecified atom stereocenters. The van der Waals surface area contributed by atoms with Gasteiger partial charge in [-0.25, -0.2) is 0 Å². The van der Waals surface area contributed by atoms with Crippen LogP contribution >= 0.6 is 0 Å². The van der Waals surface area contributed by atoms with Gasteiger partial charge in [0, 0.05) is 77.7 Å². The molecule has 0 aliphatic carbocycles. The van der Waals surface area contributed by atoms with E-state index in [1.54, 1.807) is 0 Å². The van der Waals surface area contributed by atoms with Crippen LogP contribution in [0.15, 0.2) is 296 Å². The molecule has 77 heavy (non-hydrogen) atoms. The fourth-order valence-electron chi connectivity index (χ4n) is 11.8. The highest BCUT2D eigenvalue weighted by Crippen LogP contribution is 2.46. The molecule has 0 atom stereocenters. The van der Waals surface area contributed by atoms with Crippen LogP contribution < -0.4 is 9.80 Å². The summed E-state index contributed by atoms with van der Waals surface area (Å²) in [5, 5.41) is 6.94. The Morgan fingerprint density at radius 1 is 0.247 bits per heavy atom. The number of rotatable bonds is 10. The minimum atomic E-state index is 0.880.